The Morgan fingerprint density at radius 2 is 2.03 bits per heavy atom. The summed E-state index contributed by atoms with van der Waals surface area (Å²) in [6.07, 6.45) is 1.51. The highest BCUT2D eigenvalue weighted by atomic mass is 16.6. The van der Waals surface area contributed by atoms with Crippen LogP contribution in [0.25, 0.3) is 22.6 Å². The smallest absolute Gasteiger partial charge is 0.331 e. The molecule has 156 valence electrons. The van der Waals surface area contributed by atoms with Crippen molar-refractivity contribution in [1.29, 1.82) is 0 Å². The average Bonchev–Trinajstić information content (AvgIpc) is 3.40. The first-order valence-electron chi connectivity index (χ1n) is 9.59. The van der Waals surface area contributed by atoms with Crippen LogP contribution >= 0.6 is 0 Å². The molecule has 10 nitrogen and oxygen atoms in total. The SMILES string of the molecule is COC(=O)COCc1nc2nc(-c3ccccc3)nc(N3CCC[C@H]3C(N)=O)c2[nH]1. The quantitative estimate of drug-likeness (QED) is 0.554. The van der Waals surface area contributed by atoms with Crippen molar-refractivity contribution < 1.29 is 19.1 Å². The van der Waals surface area contributed by atoms with Gasteiger partial charge in [-0.3, -0.25) is 4.79 Å². The fourth-order valence-electron chi connectivity index (χ4n) is 3.53. The number of aromatic amines is 1. The Hall–Kier alpha value is -3.53. The molecule has 1 aliphatic heterocycles. The van der Waals surface area contributed by atoms with Crippen LogP contribution in [0.15, 0.2) is 30.3 Å². The Labute approximate surface area is 172 Å². The number of amides is 1. The first-order valence-corrected chi connectivity index (χ1v) is 9.59. The number of anilines is 1. The lowest BCUT2D eigenvalue weighted by atomic mass is 10.2. The second-order valence-electron chi connectivity index (χ2n) is 6.94. The van der Waals surface area contributed by atoms with Crippen molar-refractivity contribution in [2.24, 2.45) is 5.73 Å². The Bertz CT molecular complexity index is 1070. The first-order chi connectivity index (χ1) is 14.6. The van der Waals surface area contributed by atoms with Crippen LogP contribution in [-0.2, 0) is 25.7 Å². The number of nitrogens with two attached hydrogens (primary N) is 1. The van der Waals surface area contributed by atoms with E-state index in [1.54, 1.807) is 0 Å². The third-order valence-corrected chi connectivity index (χ3v) is 4.95. The summed E-state index contributed by atoms with van der Waals surface area (Å²) in [6, 6.07) is 9.11. The molecule has 1 saturated heterocycles. The number of aromatic nitrogens is 4. The molecule has 4 rings (SSSR count). The number of primary amides is 1. The zero-order valence-electron chi connectivity index (χ0n) is 16.5. The molecule has 1 atom stereocenters. The molecule has 1 aromatic carbocycles. The Morgan fingerprint density at radius 1 is 1.23 bits per heavy atom. The van der Waals surface area contributed by atoms with Gasteiger partial charge in [0, 0.05) is 12.1 Å². The normalized spacial score (nSPS) is 16.2. The van der Waals surface area contributed by atoms with E-state index < -0.39 is 12.0 Å². The van der Waals surface area contributed by atoms with Crippen LogP contribution < -0.4 is 10.6 Å². The van der Waals surface area contributed by atoms with Gasteiger partial charge in [-0.1, -0.05) is 30.3 Å². The van der Waals surface area contributed by atoms with Gasteiger partial charge in [0.15, 0.2) is 17.3 Å². The molecule has 1 amide bonds. The molecule has 10 heteroatoms. The van der Waals surface area contributed by atoms with Crippen LogP contribution in [-0.4, -0.2) is 58.1 Å². The molecule has 0 radical (unpaired) electrons. The number of methoxy groups -OCH3 is 1. The van der Waals surface area contributed by atoms with Gasteiger partial charge in [-0.2, -0.15) is 0 Å². The minimum atomic E-state index is -0.473. The van der Waals surface area contributed by atoms with Crippen LogP contribution in [0, 0.1) is 0 Å². The van der Waals surface area contributed by atoms with E-state index in [-0.39, 0.29) is 19.1 Å². The number of rotatable bonds is 7. The fraction of sp³-hybridized carbons (Fsp3) is 0.350. The van der Waals surface area contributed by atoms with Crippen molar-refractivity contribution in [1.82, 2.24) is 19.9 Å². The number of nitrogens with zero attached hydrogens (tertiary/aromatic N) is 4. The maximum Gasteiger partial charge on any atom is 0.331 e. The molecule has 0 bridgehead atoms. The van der Waals surface area contributed by atoms with E-state index in [0.717, 1.165) is 12.0 Å². The number of hydrogen-bond donors (Lipinski definition) is 2. The van der Waals surface area contributed by atoms with Crippen molar-refractivity contribution >= 4 is 28.9 Å². The first kappa shape index (κ1) is 19.8. The number of benzene rings is 1. The Balaban J connectivity index is 1.74. The highest BCUT2D eigenvalue weighted by molar-refractivity contribution is 5.90. The van der Waals surface area contributed by atoms with Gasteiger partial charge in [-0.15, -0.1) is 0 Å². The van der Waals surface area contributed by atoms with Crippen LogP contribution in [0.2, 0.25) is 0 Å². The van der Waals surface area contributed by atoms with Crippen LogP contribution in [0.4, 0.5) is 5.82 Å². The zero-order chi connectivity index (χ0) is 21.1. The number of imidazole rings is 1. The highest BCUT2D eigenvalue weighted by Gasteiger charge is 2.32. The van der Waals surface area contributed by atoms with Crippen LogP contribution in [0.3, 0.4) is 0 Å². The predicted molar refractivity (Wildman–Crippen MR) is 108 cm³/mol. The second kappa shape index (κ2) is 8.46. The molecular weight excluding hydrogens is 388 g/mol. The summed E-state index contributed by atoms with van der Waals surface area (Å²) in [5, 5.41) is 0. The van der Waals surface area contributed by atoms with Gasteiger partial charge in [0.1, 0.15) is 30.6 Å². The van der Waals surface area contributed by atoms with Gasteiger partial charge in [-0.25, -0.2) is 19.7 Å². The molecule has 30 heavy (non-hydrogen) atoms. The van der Waals surface area contributed by atoms with Gasteiger partial charge < -0.3 is 25.1 Å². The largest absolute Gasteiger partial charge is 0.467 e. The Morgan fingerprint density at radius 3 is 2.77 bits per heavy atom. The van der Waals surface area contributed by atoms with Gasteiger partial charge in [0.25, 0.3) is 0 Å². The van der Waals surface area contributed by atoms with Gasteiger partial charge in [0.2, 0.25) is 5.91 Å². The lowest BCUT2D eigenvalue weighted by Gasteiger charge is -2.23. The monoisotopic (exact) mass is 410 g/mol. The number of fused-ring (bicyclic) bond motifs is 1. The molecule has 1 aliphatic rings. The summed E-state index contributed by atoms with van der Waals surface area (Å²) >= 11 is 0. The number of carbonyl (C=O) groups excluding carboxylic acids is 2. The second-order valence-corrected chi connectivity index (χ2v) is 6.94. The van der Waals surface area contributed by atoms with Crippen LogP contribution in [0.1, 0.15) is 18.7 Å². The van der Waals surface area contributed by atoms with Gasteiger partial charge in [0.05, 0.1) is 7.11 Å². The van der Waals surface area contributed by atoms with Crippen molar-refractivity contribution in [3.05, 3.63) is 36.2 Å². The summed E-state index contributed by atoms with van der Waals surface area (Å²) in [5.74, 6) is 0.708. The average molecular weight is 410 g/mol. The Kier molecular flexibility index (Phi) is 5.57. The van der Waals surface area contributed by atoms with Crippen molar-refractivity contribution in [3.63, 3.8) is 0 Å². The molecule has 0 aliphatic carbocycles. The number of hydrogen-bond acceptors (Lipinski definition) is 8. The summed E-state index contributed by atoms with van der Waals surface area (Å²) in [6.45, 7) is 0.545. The standard InChI is InChI=1S/C20H22N6O4/c1-29-15(27)11-30-10-14-22-16-19(23-14)24-18(12-6-3-2-4-7-12)25-20(16)26-9-5-8-13(26)17(21)28/h2-4,6-7,13H,5,8-11H2,1H3,(H2,21,28)(H,22,23,24,25)/t13-/m0/s1. The molecule has 0 spiro atoms. The van der Waals surface area contributed by atoms with E-state index in [0.29, 0.717) is 41.6 Å². The lowest BCUT2D eigenvalue weighted by Crippen LogP contribution is -2.41. The maximum atomic E-state index is 12.0. The molecule has 3 N–H and O–H groups in total. The summed E-state index contributed by atoms with van der Waals surface area (Å²) in [5.41, 5.74) is 7.50. The van der Waals surface area contributed by atoms with E-state index in [9.17, 15) is 9.59 Å². The lowest BCUT2D eigenvalue weighted by molar-refractivity contribution is -0.146. The van der Waals surface area contributed by atoms with Crippen LogP contribution in [0.5, 0.6) is 0 Å². The molecule has 2 aromatic heterocycles. The van der Waals surface area contributed by atoms with E-state index in [1.807, 2.05) is 35.2 Å². The fourth-order valence-corrected chi connectivity index (χ4v) is 3.53. The van der Waals surface area contributed by atoms with Crippen molar-refractivity contribution in [2.75, 3.05) is 25.2 Å². The summed E-state index contributed by atoms with van der Waals surface area (Å²) in [7, 11) is 1.30. The van der Waals surface area contributed by atoms with Crippen molar-refractivity contribution in [2.45, 2.75) is 25.5 Å². The minimum absolute atomic E-state index is 0.0742. The topological polar surface area (TPSA) is 136 Å². The molecule has 0 unspecified atom stereocenters. The molecular formula is C20H22N6O4. The molecule has 3 aromatic rings. The van der Waals surface area contributed by atoms with Crippen molar-refractivity contribution in [3.8, 4) is 11.4 Å². The van der Waals surface area contributed by atoms with Gasteiger partial charge in [-0.05, 0) is 12.8 Å². The number of esters is 1. The summed E-state index contributed by atoms with van der Waals surface area (Å²) in [4.78, 5) is 42.1. The summed E-state index contributed by atoms with van der Waals surface area (Å²) < 4.78 is 9.90. The van der Waals surface area contributed by atoms with E-state index >= 15 is 0 Å². The molecule has 3 heterocycles. The zero-order valence-corrected chi connectivity index (χ0v) is 16.5. The van der Waals surface area contributed by atoms with E-state index in [4.69, 9.17) is 15.5 Å². The number of H-pyrrole nitrogens is 1. The minimum Gasteiger partial charge on any atom is -0.467 e. The number of carbonyl (C=O) groups is 2. The van der Waals surface area contributed by atoms with E-state index in [2.05, 4.69) is 19.7 Å². The maximum absolute atomic E-state index is 12.0. The molecule has 1 fully saturated rings. The predicted octanol–water partition coefficient (Wildman–Crippen LogP) is 1.16. The third kappa shape index (κ3) is 3.94. The number of ether oxygens (including phenoxy) is 2. The number of nitrogens with one attached hydrogen (secondary N) is 1. The molecule has 0 saturated carbocycles. The third-order valence-electron chi connectivity index (χ3n) is 4.95. The van der Waals surface area contributed by atoms with E-state index in [1.165, 1.54) is 7.11 Å². The highest BCUT2D eigenvalue weighted by Crippen LogP contribution is 2.31. The van der Waals surface area contributed by atoms with Gasteiger partial charge >= 0.3 is 5.97 Å².